The standard InChI is InChI=1S/C18H21N3O2S/c1-11(2)14-5-3-4-6-15(14)20-16(22)9-13-10-24-18(19-13)21-17(23)12-7-8-12/h3-6,10-12H,7-9H2,1-2H3,(H,20,22)(H,19,21,23). The quantitative estimate of drug-likeness (QED) is 0.838. The number of benzene rings is 1. The van der Waals surface area contributed by atoms with E-state index in [-0.39, 0.29) is 24.2 Å². The van der Waals surface area contributed by atoms with Gasteiger partial charge in [0.15, 0.2) is 5.13 Å². The van der Waals surface area contributed by atoms with E-state index in [1.807, 2.05) is 29.6 Å². The highest BCUT2D eigenvalue weighted by Gasteiger charge is 2.30. The van der Waals surface area contributed by atoms with Crippen LogP contribution < -0.4 is 10.6 Å². The predicted molar refractivity (Wildman–Crippen MR) is 96.3 cm³/mol. The van der Waals surface area contributed by atoms with E-state index in [1.165, 1.54) is 11.3 Å². The monoisotopic (exact) mass is 343 g/mol. The molecule has 1 heterocycles. The molecule has 0 atom stereocenters. The first-order valence-electron chi connectivity index (χ1n) is 8.17. The SMILES string of the molecule is CC(C)c1ccccc1NC(=O)Cc1csc(NC(=O)C2CC2)n1. The number of anilines is 2. The lowest BCUT2D eigenvalue weighted by atomic mass is 10.0. The van der Waals surface area contributed by atoms with Crippen molar-refractivity contribution in [2.75, 3.05) is 10.6 Å². The van der Waals surface area contributed by atoms with Gasteiger partial charge in [0.2, 0.25) is 11.8 Å². The largest absolute Gasteiger partial charge is 0.325 e. The molecule has 24 heavy (non-hydrogen) atoms. The summed E-state index contributed by atoms with van der Waals surface area (Å²) in [4.78, 5) is 28.3. The summed E-state index contributed by atoms with van der Waals surface area (Å²) in [5.74, 6) is 0.415. The zero-order valence-electron chi connectivity index (χ0n) is 13.8. The van der Waals surface area contributed by atoms with Crippen LogP contribution in [-0.4, -0.2) is 16.8 Å². The summed E-state index contributed by atoms with van der Waals surface area (Å²) >= 11 is 1.36. The van der Waals surface area contributed by atoms with Gasteiger partial charge in [-0.1, -0.05) is 32.0 Å². The molecule has 1 fully saturated rings. The summed E-state index contributed by atoms with van der Waals surface area (Å²) in [7, 11) is 0. The van der Waals surface area contributed by atoms with Crippen molar-refractivity contribution >= 4 is 34.0 Å². The number of carbonyl (C=O) groups excluding carboxylic acids is 2. The third-order valence-electron chi connectivity index (χ3n) is 3.93. The van der Waals surface area contributed by atoms with Gasteiger partial charge in [0.05, 0.1) is 12.1 Å². The maximum absolute atomic E-state index is 12.3. The number of thiazole rings is 1. The Morgan fingerprint density at radius 2 is 2.00 bits per heavy atom. The Bertz CT molecular complexity index is 750. The van der Waals surface area contributed by atoms with Crippen LogP contribution in [0.1, 0.15) is 43.9 Å². The van der Waals surface area contributed by atoms with E-state index in [2.05, 4.69) is 29.5 Å². The van der Waals surface area contributed by atoms with Gasteiger partial charge in [-0.3, -0.25) is 9.59 Å². The van der Waals surface area contributed by atoms with Crippen molar-refractivity contribution in [2.24, 2.45) is 5.92 Å². The molecule has 126 valence electrons. The highest BCUT2D eigenvalue weighted by molar-refractivity contribution is 7.13. The molecule has 1 saturated carbocycles. The second-order valence-corrected chi connectivity index (χ2v) is 7.23. The molecule has 0 saturated heterocycles. The lowest BCUT2D eigenvalue weighted by Gasteiger charge is -2.13. The number of nitrogens with zero attached hydrogens (tertiary/aromatic N) is 1. The lowest BCUT2D eigenvalue weighted by Crippen LogP contribution is -2.16. The maximum Gasteiger partial charge on any atom is 0.230 e. The van der Waals surface area contributed by atoms with Crippen molar-refractivity contribution in [3.63, 3.8) is 0 Å². The molecule has 1 aromatic heterocycles. The van der Waals surface area contributed by atoms with Crippen LogP contribution in [0, 0.1) is 5.92 Å². The third kappa shape index (κ3) is 4.20. The average Bonchev–Trinajstić information content (AvgIpc) is 3.30. The molecule has 0 aliphatic heterocycles. The molecule has 1 aliphatic rings. The van der Waals surface area contributed by atoms with E-state index in [1.54, 1.807) is 0 Å². The molecule has 1 aromatic carbocycles. The van der Waals surface area contributed by atoms with E-state index in [9.17, 15) is 9.59 Å². The number of aromatic nitrogens is 1. The first-order chi connectivity index (χ1) is 11.5. The topological polar surface area (TPSA) is 71.1 Å². The molecule has 0 bridgehead atoms. The molecule has 6 heteroatoms. The van der Waals surface area contributed by atoms with Crippen LogP contribution in [0.15, 0.2) is 29.6 Å². The van der Waals surface area contributed by atoms with Gasteiger partial charge < -0.3 is 10.6 Å². The van der Waals surface area contributed by atoms with Crippen LogP contribution in [0.5, 0.6) is 0 Å². The average molecular weight is 343 g/mol. The fourth-order valence-electron chi connectivity index (χ4n) is 2.47. The normalized spacial score (nSPS) is 13.8. The van der Waals surface area contributed by atoms with Gasteiger partial charge in [-0.05, 0) is 30.4 Å². The van der Waals surface area contributed by atoms with Crippen molar-refractivity contribution in [1.29, 1.82) is 0 Å². The smallest absolute Gasteiger partial charge is 0.230 e. The number of nitrogens with one attached hydrogen (secondary N) is 2. The molecule has 0 radical (unpaired) electrons. The molecule has 0 unspecified atom stereocenters. The Morgan fingerprint density at radius 3 is 2.71 bits per heavy atom. The molecular formula is C18H21N3O2S. The summed E-state index contributed by atoms with van der Waals surface area (Å²) in [6.07, 6.45) is 2.12. The second kappa shape index (κ2) is 7.13. The molecule has 2 amide bonds. The zero-order valence-corrected chi connectivity index (χ0v) is 14.7. The van der Waals surface area contributed by atoms with Crippen molar-refractivity contribution in [3.05, 3.63) is 40.9 Å². The first kappa shape index (κ1) is 16.6. The van der Waals surface area contributed by atoms with E-state index in [4.69, 9.17) is 0 Å². The molecule has 0 spiro atoms. The van der Waals surface area contributed by atoms with Gasteiger partial charge in [-0.2, -0.15) is 0 Å². The number of amides is 2. The van der Waals surface area contributed by atoms with E-state index >= 15 is 0 Å². The van der Waals surface area contributed by atoms with Gasteiger partial charge in [0.1, 0.15) is 0 Å². The van der Waals surface area contributed by atoms with Gasteiger partial charge in [0.25, 0.3) is 0 Å². The molecule has 5 nitrogen and oxygen atoms in total. The van der Waals surface area contributed by atoms with Crippen LogP contribution >= 0.6 is 11.3 Å². The summed E-state index contributed by atoms with van der Waals surface area (Å²) in [6.45, 7) is 4.19. The van der Waals surface area contributed by atoms with Crippen LogP contribution in [0.2, 0.25) is 0 Å². The van der Waals surface area contributed by atoms with Crippen LogP contribution in [0.3, 0.4) is 0 Å². The number of carbonyl (C=O) groups is 2. The summed E-state index contributed by atoms with van der Waals surface area (Å²) in [5.41, 5.74) is 2.63. The highest BCUT2D eigenvalue weighted by Crippen LogP contribution is 2.30. The fourth-order valence-corrected chi connectivity index (χ4v) is 3.18. The Kier molecular flexibility index (Phi) is 4.94. The van der Waals surface area contributed by atoms with Crippen molar-refractivity contribution in [3.8, 4) is 0 Å². The minimum absolute atomic E-state index is 0.0335. The maximum atomic E-state index is 12.3. The minimum atomic E-state index is -0.103. The van der Waals surface area contributed by atoms with E-state index in [0.717, 1.165) is 24.1 Å². The Labute approximate surface area is 145 Å². The lowest BCUT2D eigenvalue weighted by molar-refractivity contribution is -0.117. The second-order valence-electron chi connectivity index (χ2n) is 6.37. The van der Waals surface area contributed by atoms with Gasteiger partial charge in [-0.25, -0.2) is 4.98 Å². The number of hydrogen-bond acceptors (Lipinski definition) is 4. The molecule has 3 rings (SSSR count). The van der Waals surface area contributed by atoms with E-state index < -0.39 is 0 Å². The summed E-state index contributed by atoms with van der Waals surface area (Å²) < 4.78 is 0. The molecule has 1 aliphatic carbocycles. The van der Waals surface area contributed by atoms with Crippen molar-refractivity contribution in [1.82, 2.24) is 4.98 Å². The number of hydrogen-bond donors (Lipinski definition) is 2. The molecule has 2 aromatic rings. The molecular weight excluding hydrogens is 322 g/mol. The van der Waals surface area contributed by atoms with Crippen molar-refractivity contribution in [2.45, 2.75) is 39.0 Å². The minimum Gasteiger partial charge on any atom is -0.325 e. The Balaban J connectivity index is 1.59. The van der Waals surface area contributed by atoms with Gasteiger partial charge in [-0.15, -0.1) is 11.3 Å². The van der Waals surface area contributed by atoms with Crippen molar-refractivity contribution < 1.29 is 9.59 Å². The van der Waals surface area contributed by atoms with Crippen LogP contribution in [-0.2, 0) is 16.0 Å². The molecule has 2 N–H and O–H groups in total. The zero-order chi connectivity index (χ0) is 17.1. The summed E-state index contributed by atoms with van der Waals surface area (Å²) in [5, 5.41) is 8.15. The van der Waals surface area contributed by atoms with Crippen LogP contribution in [0.4, 0.5) is 10.8 Å². The summed E-state index contributed by atoms with van der Waals surface area (Å²) in [6, 6.07) is 7.82. The Hall–Kier alpha value is -2.21. The predicted octanol–water partition coefficient (Wildman–Crippen LogP) is 3.80. The van der Waals surface area contributed by atoms with E-state index in [0.29, 0.717) is 16.7 Å². The van der Waals surface area contributed by atoms with Crippen LogP contribution in [0.25, 0.3) is 0 Å². The fraction of sp³-hybridized carbons (Fsp3) is 0.389. The third-order valence-corrected chi connectivity index (χ3v) is 4.74. The van der Waals surface area contributed by atoms with Gasteiger partial charge in [0, 0.05) is 17.0 Å². The number of para-hydroxylation sites is 1. The Morgan fingerprint density at radius 1 is 1.25 bits per heavy atom. The first-order valence-corrected chi connectivity index (χ1v) is 9.05. The highest BCUT2D eigenvalue weighted by atomic mass is 32.1. The number of rotatable bonds is 6. The van der Waals surface area contributed by atoms with Gasteiger partial charge >= 0.3 is 0 Å².